The van der Waals surface area contributed by atoms with Gasteiger partial charge in [-0.25, -0.2) is 14.2 Å². The molecule has 1 aromatic heterocycles. The molecule has 0 saturated heterocycles. The van der Waals surface area contributed by atoms with Gasteiger partial charge in [0.25, 0.3) is 0 Å². The minimum atomic E-state index is -1.70. The quantitative estimate of drug-likeness (QED) is 0.409. The van der Waals surface area contributed by atoms with Gasteiger partial charge < -0.3 is 10.4 Å². The molecule has 0 radical (unpaired) electrons. The third-order valence-corrected chi connectivity index (χ3v) is 5.14. The number of carboxylic acid groups (broad SMARTS) is 1. The minimum Gasteiger partial charge on any atom is -0.478 e. The van der Waals surface area contributed by atoms with Crippen molar-refractivity contribution in [3.8, 4) is 22.5 Å². The molecule has 2 aromatic carbocycles. The van der Waals surface area contributed by atoms with E-state index >= 15 is 0 Å². The van der Waals surface area contributed by atoms with Crippen molar-refractivity contribution in [1.29, 1.82) is 0 Å². The Kier molecular flexibility index (Phi) is 5.96. The number of rotatable bonds is 6. The number of hydrogen-bond acceptors (Lipinski definition) is 5. The van der Waals surface area contributed by atoms with E-state index in [1.165, 1.54) is 12.1 Å². The van der Waals surface area contributed by atoms with E-state index in [0.29, 0.717) is 17.1 Å². The van der Waals surface area contributed by atoms with Crippen LogP contribution in [0.3, 0.4) is 0 Å². The molecule has 28 heavy (non-hydrogen) atoms. The monoisotopic (exact) mass is 397 g/mol. The molecule has 0 amide bonds. The molecule has 0 fully saturated rings. The Bertz CT molecular complexity index is 990. The number of carbonyl (C=O) groups is 1. The Balaban J connectivity index is 2.18. The van der Waals surface area contributed by atoms with Crippen LogP contribution in [0.2, 0.25) is 0 Å². The number of aromatic carboxylic acids is 1. The van der Waals surface area contributed by atoms with E-state index in [-0.39, 0.29) is 11.1 Å². The lowest BCUT2D eigenvalue weighted by Gasteiger charge is -2.17. The average molecular weight is 397 g/mol. The maximum Gasteiger partial charge on any atom is 0.335 e. The van der Waals surface area contributed by atoms with Crippen LogP contribution in [-0.4, -0.2) is 29.4 Å². The highest BCUT2D eigenvalue weighted by Gasteiger charge is 2.20. The molecule has 0 aliphatic rings. The lowest BCUT2D eigenvalue weighted by atomic mass is 10.00. The highest BCUT2D eigenvalue weighted by atomic mass is 32.2. The number of nitrogens with two attached hydrogens (primary N) is 1. The SMILES string of the molecule is CNc1cc(-c2ccc(C(=O)O)cc2)nc(-c2ccc(SC)cc2)c1C(N)F. The number of nitrogens with zero attached hydrogens (tertiary/aromatic N) is 1. The summed E-state index contributed by atoms with van der Waals surface area (Å²) >= 11 is 1.62. The lowest BCUT2D eigenvalue weighted by Crippen LogP contribution is -2.11. The van der Waals surface area contributed by atoms with Crippen molar-refractivity contribution in [3.63, 3.8) is 0 Å². The molecule has 0 bridgehead atoms. The molecule has 0 aliphatic carbocycles. The number of halogens is 1. The van der Waals surface area contributed by atoms with E-state index < -0.39 is 12.3 Å². The van der Waals surface area contributed by atoms with Crippen molar-refractivity contribution >= 4 is 23.4 Å². The van der Waals surface area contributed by atoms with Crippen molar-refractivity contribution < 1.29 is 14.3 Å². The van der Waals surface area contributed by atoms with E-state index in [0.717, 1.165) is 16.0 Å². The summed E-state index contributed by atoms with van der Waals surface area (Å²) in [6.45, 7) is 0. The van der Waals surface area contributed by atoms with Crippen LogP contribution >= 0.6 is 11.8 Å². The largest absolute Gasteiger partial charge is 0.478 e. The first-order valence-corrected chi connectivity index (χ1v) is 9.77. The van der Waals surface area contributed by atoms with Gasteiger partial charge in [0, 0.05) is 34.3 Å². The van der Waals surface area contributed by atoms with Crippen molar-refractivity contribution in [2.75, 3.05) is 18.6 Å². The number of benzene rings is 2. The van der Waals surface area contributed by atoms with Gasteiger partial charge in [-0.15, -0.1) is 11.8 Å². The summed E-state index contributed by atoms with van der Waals surface area (Å²) in [5.74, 6) is -0.997. The summed E-state index contributed by atoms with van der Waals surface area (Å²) in [6.07, 6.45) is 0.282. The standard InChI is InChI=1S/C21H20FN3O2S/c1-24-17-11-16(12-3-5-14(6-4-12)21(26)27)25-19(18(17)20(22)23)13-7-9-15(28-2)10-8-13/h3-11,20H,23H2,1-2H3,(H,24,25)(H,26,27). The Labute approximate surface area is 166 Å². The van der Waals surface area contributed by atoms with Crippen LogP contribution in [-0.2, 0) is 0 Å². The average Bonchev–Trinajstić information content (AvgIpc) is 2.72. The first-order chi connectivity index (χ1) is 13.4. The van der Waals surface area contributed by atoms with Crippen molar-refractivity contribution in [3.05, 3.63) is 65.7 Å². The molecule has 7 heteroatoms. The van der Waals surface area contributed by atoms with Crippen LogP contribution in [0.1, 0.15) is 22.2 Å². The molecular formula is C21H20FN3O2S. The van der Waals surface area contributed by atoms with Crippen LogP contribution in [0.25, 0.3) is 22.5 Å². The van der Waals surface area contributed by atoms with Gasteiger partial charge in [0.05, 0.1) is 17.0 Å². The minimum absolute atomic E-state index is 0.188. The summed E-state index contributed by atoms with van der Waals surface area (Å²) in [4.78, 5) is 16.8. The molecule has 0 saturated carbocycles. The number of alkyl halides is 1. The number of thioether (sulfide) groups is 1. The fraction of sp³-hybridized carbons (Fsp3) is 0.143. The molecule has 1 atom stereocenters. The van der Waals surface area contributed by atoms with Gasteiger partial charge in [0.2, 0.25) is 0 Å². The van der Waals surface area contributed by atoms with Crippen LogP contribution in [0.15, 0.2) is 59.5 Å². The lowest BCUT2D eigenvalue weighted by molar-refractivity contribution is 0.0697. The van der Waals surface area contributed by atoms with Crippen molar-refractivity contribution in [1.82, 2.24) is 4.98 Å². The number of aromatic nitrogens is 1. The van der Waals surface area contributed by atoms with Gasteiger partial charge >= 0.3 is 5.97 Å². The van der Waals surface area contributed by atoms with Gasteiger partial charge in [-0.05, 0) is 36.6 Å². The van der Waals surface area contributed by atoms with Crippen LogP contribution in [0, 0.1) is 0 Å². The number of anilines is 1. The zero-order valence-electron chi connectivity index (χ0n) is 15.4. The summed E-state index contributed by atoms with van der Waals surface area (Å²) in [6, 6.07) is 15.8. The number of hydrogen-bond donors (Lipinski definition) is 3. The molecule has 3 rings (SSSR count). The van der Waals surface area contributed by atoms with E-state index in [1.54, 1.807) is 37.0 Å². The summed E-state index contributed by atoms with van der Waals surface area (Å²) in [5.41, 5.74) is 9.13. The van der Waals surface area contributed by atoms with E-state index in [1.807, 2.05) is 30.5 Å². The van der Waals surface area contributed by atoms with E-state index in [2.05, 4.69) is 10.3 Å². The number of nitrogens with one attached hydrogen (secondary N) is 1. The molecule has 5 nitrogen and oxygen atoms in total. The molecule has 1 heterocycles. The highest BCUT2D eigenvalue weighted by molar-refractivity contribution is 7.98. The highest BCUT2D eigenvalue weighted by Crippen LogP contribution is 2.36. The molecule has 0 spiro atoms. The Morgan fingerprint density at radius 3 is 2.25 bits per heavy atom. The first kappa shape index (κ1) is 19.9. The zero-order chi connectivity index (χ0) is 20.3. The third kappa shape index (κ3) is 4.00. The van der Waals surface area contributed by atoms with Gasteiger partial charge in [-0.1, -0.05) is 24.3 Å². The first-order valence-electron chi connectivity index (χ1n) is 8.55. The number of pyridine rings is 1. The van der Waals surface area contributed by atoms with Gasteiger partial charge in [-0.3, -0.25) is 5.73 Å². The zero-order valence-corrected chi connectivity index (χ0v) is 16.3. The molecule has 4 N–H and O–H groups in total. The maximum absolute atomic E-state index is 14.3. The predicted octanol–water partition coefficient (Wildman–Crippen LogP) is 4.80. The van der Waals surface area contributed by atoms with Crippen LogP contribution in [0.4, 0.5) is 10.1 Å². The van der Waals surface area contributed by atoms with E-state index in [4.69, 9.17) is 10.8 Å². The predicted molar refractivity (Wildman–Crippen MR) is 111 cm³/mol. The Morgan fingerprint density at radius 2 is 1.75 bits per heavy atom. The Hall–Kier alpha value is -2.90. The van der Waals surface area contributed by atoms with Gasteiger partial charge in [-0.2, -0.15) is 0 Å². The number of carboxylic acids is 1. The smallest absolute Gasteiger partial charge is 0.335 e. The van der Waals surface area contributed by atoms with Crippen LogP contribution < -0.4 is 11.1 Å². The normalized spacial score (nSPS) is 11.9. The van der Waals surface area contributed by atoms with Crippen molar-refractivity contribution in [2.24, 2.45) is 5.73 Å². The molecule has 3 aromatic rings. The Morgan fingerprint density at radius 1 is 1.14 bits per heavy atom. The molecule has 1 unspecified atom stereocenters. The summed E-state index contributed by atoms with van der Waals surface area (Å²) in [7, 11) is 1.69. The second-order valence-corrected chi connectivity index (χ2v) is 6.96. The topological polar surface area (TPSA) is 88.2 Å². The van der Waals surface area contributed by atoms with Crippen molar-refractivity contribution in [2.45, 2.75) is 11.2 Å². The van der Waals surface area contributed by atoms with Crippen LogP contribution in [0.5, 0.6) is 0 Å². The molecular weight excluding hydrogens is 377 g/mol. The molecule has 144 valence electrons. The second-order valence-electron chi connectivity index (χ2n) is 6.08. The van der Waals surface area contributed by atoms with E-state index in [9.17, 15) is 9.18 Å². The summed E-state index contributed by atoms with van der Waals surface area (Å²) in [5, 5.41) is 12.1. The summed E-state index contributed by atoms with van der Waals surface area (Å²) < 4.78 is 14.3. The fourth-order valence-corrected chi connectivity index (χ4v) is 3.35. The van der Waals surface area contributed by atoms with Gasteiger partial charge in [0.1, 0.15) is 0 Å². The fourth-order valence-electron chi connectivity index (χ4n) is 2.94. The molecule has 0 aliphatic heterocycles. The van der Waals surface area contributed by atoms with Gasteiger partial charge in [0.15, 0.2) is 6.30 Å². The maximum atomic E-state index is 14.3. The second kappa shape index (κ2) is 8.41. The third-order valence-electron chi connectivity index (χ3n) is 4.39.